The van der Waals surface area contributed by atoms with E-state index in [-0.39, 0.29) is 5.91 Å². The monoisotopic (exact) mass is 277 g/mol. The molecule has 0 N–H and O–H groups in total. The fourth-order valence-corrected chi connectivity index (χ4v) is 2.42. The Morgan fingerprint density at radius 3 is 2.60 bits per heavy atom. The van der Waals surface area contributed by atoms with Crippen LogP contribution < -0.4 is 9.47 Å². The van der Waals surface area contributed by atoms with Crippen molar-refractivity contribution in [3.05, 3.63) is 24.3 Å². The van der Waals surface area contributed by atoms with E-state index in [1.165, 1.54) is 0 Å². The third kappa shape index (κ3) is 3.65. The van der Waals surface area contributed by atoms with Gasteiger partial charge in [0.2, 0.25) is 0 Å². The zero-order chi connectivity index (χ0) is 14.5. The highest BCUT2D eigenvalue weighted by Gasteiger charge is 2.25. The molecule has 1 atom stereocenters. The molecule has 1 saturated heterocycles. The molecule has 110 valence electrons. The Hall–Kier alpha value is -1.71. The number of benzene rings is 1. The Morgan fingerprint density at radius 1 is 1.30 bits per heavy atom. The lowest BCUT2D eigenvalue weighted by Crippen LogP contribution is -2.44. The summed E-state index contributed by atoms with van der Waals surface area (Å²) in [6.45, 7) is 5.72. The van der Waals surface area contributed by atoms with Crippen LogP contribution in [0.2, 0.25) is 0 Å². The molecule has 1 aliphatic heterocycles. The van der Waals surface area contributed by atoms with E-state index < -0.39 is 6.10 Å². The van der Waals surface area contributed by atoms with E-state index in [1.54, 1.807) is 20.1 Å². The predicted octanol–water partition coefficient (Wildman–Crippen LogP) is 2.72. The molecule has 4 heteroatoms. The van der Waals surface area contributed by atoms with E-state index in [2.05, 4.69) is 6.92 Å². The van der Waals surface area contributed by atoms with Gasteiger partial charge in [0.25, 0.3) is 5.91 Å². The molecule has 0 bridgehead atoms. The fraction of sp³-hybridized carbons (Fsp3) is 0.562. The van der Waals surface area contributed by atoms with Gasteiger partial charge in [-0.15, -0.1) is 0 Å². The molecule has 0 aromatic heterocycles. The summed E-state index contributed by atoms with van der Waals surface area (Å²) in [5, 5.41) is 0. The van der Waals surface area contributed by atoms with Crippen molar-refractivity contribution >= 4 is 5.91 Å². The van der Waals surface area contributed by atoms with E-state index in [0.29, 0.717) is 11.7 Å². The summed E-state index contributed by atoms with van der Waals surface area (Å²) in [5.41, 5.74) is 0. The van der Waals surface area contributed by atoms with Crippen molar-refractivity contribution in [3.8, 4) is 11.5 Å². The summed E-state index contributed by atoms with van der Waals surface area (Å²) in [5.74, 6) is 2.18. The van der Waals surface area contributed by atoms with Crippen LogP contribution in [0.25, 0.3) is 0 Å². The van der Waals surface area contributed by atoms with Crippen LogP contribution >= 0.6 is 0 Å². The molecule has 1 aliphatic rings. The number of amides is 1. The first-order chi connectivity index (χ1) is 9.60. The molecule has 1 aromatic rings. The minimum Gasteiger partial charge on any atom is -0.497 e. The third-order valence-corrected chi connectivity index (χ3v) is 3.80. The molecule has 1 aromatic carbocycles. The maximum absolute atomic E-state index is 12.3. The van der Waals surface area contributed by atoms with Crippen LogP contribution in [0.4, 0.5) is 0 Å². The van der Waals surface area contributed by atoms with Gasteiger partial charge in [-0.2, -0.15) is 0 Å². The number of hydrogen-bond donors (Lipinski definition) is 0. The Kier molecular flexibility index (Phi) is 4.88. The molecule has 20 heavy (non-hydrogen) atoms. The van der Waals surface area contributed by atoms with Crippen molar-refractivity contribution in [2.75, 3.05) is 20.2 Å². The molecule has 0 aliphatic carbocycles. The summed E-state index contributed by atoms with van der Waals surface area (Å²) < 4.78 is 10.9. The second-order valence-corrected chi connectivity index (χ2v) is 5.45. The molecule has 1 unspecified atom stereocenters. The highest BCUT2D eigenvalue weighted by Crippen LogP contribution is 2.21. The lowest BCUT2D eigenvalue weighted by Gasteiger charge is -2.32. The maximum Gasteiger partial charge on any atom is 0.263 e. The number of ether oxygens (including phenoxy) is 2. The Labute approximate surface area is 120 Å². The predicted molar refractivity (Wildman–Crippen MR) is 78.1 cm³/mol. The fourth-order valence-electron chi connectivity index (χ4n) is 2.42. The van der Waals surface area contributed by atoms with Crippen LogP contribution in [0, 0.1) is 5.92 Å². The van der Waals surface area contributed by atoms with E-state index in [9.17, 15) is 4.79 Å². The second kappa shape index (κ2) is 6.64. The largest absolute Gasteiger partial charge is 0.497 e. The molecule has 1 heterocycles. The van der Waals surface area contributed by atoms with Gasteiger partial charge in [0.15, 0.2) is 6.10 Å². The van der Waals surface area contributed by atoms with Gasteiger partial charge in [-0.05, 0) is 37.8 Å². The average Bonchev–Trinajstić information content (AvgIpc) is 2.47. The van der Waals surface area contributed by atoms with Crippen molar-refractivity contribution in [2.45, 2.75) is 32.8 Å². The van der Waals surface area contributed by atoms with Gasteiger partial charge < -0.3 is 14.4 Å². The highest BCUT2D eigenvalue weighted by molar-refractivity contribution is 5.81. The molecule has 0 saturated carbocycles. The number of likely N-dealkylation sites (tertiary alicyclic amines) is 1. The molecule has 1 fully saturated rings. The second-order valence-electron chi connectivity index (χ2n) is 5.45. The van der Waals surface area contributed by atoms with E-state index in [0.717, 1.165) is 31.7 Å². The van der Waals surface area contributed by atoms with Crippen molar-refractivity contribution < 1.29 is 14.3 Å². The smallest absolute Gasteiger partial charge is 0.263 e. The summed E-state index contributed by atoms with van der Waals surface area (Å²) >= 11 is 0. The minimum absolute atomic E-state index is 0.0692. The third-order valence-electron chi connectivity index (χ3n) is 3.80. The number of nitrogens with zero attached hydrogens (tertiary/aromatic N) is 1. The average molecular weight is 277 g/mol. The van der Waals surface area contributed by atoms with E-state index >= 15 is 0 Å². The van der Waals surface area contributed by atoms with Crippen LogP contribution in [0.3, 0.4) is 0 Å². The van der Waals surface area contributed by atoms with Crippen LogP contribution in [-0.2, 0) is 4.79 Å². The van der Waals surface area contributed by atoms with E-state index in [1.807, 2.05) is 23.1 Å². The van der Waals surface area contributed by atoms with Gasteiger partial charge >= 0.3 is 0 Å². The summed E-state index contributed by atoms with van der Waals surface area (Å²) in [4.78, 5) is 14.2. The maximum atomic E-state index is 12.3. The van der Waals surface area contributed by atoms with Crippen LogP contribution in [0.1, 0.15) is 26.7 Å². The first-order valence-electron chi connectivity index (χ1n) is 7.19. The lowest BCUT2D eigenvalue weighted by atomic mass is 9.99. The Balaban J connectivity index is 1.93. The van der Waals surface area contributed by atoms with Gasteiger partial charge in [-0.25, -0.2) is 0 Å². The lowest BCUT2D eigenvalue weighted by molar-refractivity contribution is -0.139. The van der Waals surface area contributed by atoms with Crippen molar-refractivity contribution in [1.82, 2.24) is 4.90 Å². The van der Waals surface area contributed by atoms with Gasteiger partial charge in [0.1, 0.15) is 11.5 Å². The first kappa shape index (κ1) is 14.7. The summed E-state index contributed by atoms with van der Waals surface area (Å²) in [7, 11) is 1.61. The normalized spacial score (nSPS) is 17.6. The van der Waals surface area contributed by atoms with Gasteiger partial charge in [-0.1, -0.05) is 13.0 Å². The van der Waals surface area contributed by atoms with Crippen molar-refractivity contribution in [1.29, 1.82) is 0 Å². The van der Waals surface area contributed by atoms with Crippen molar-refractivity contribution in [2.24, 2.45) is 5.92 Å². The summed E-state index contributed by atoms with van der Waals surface area (Å²) in [6.07, 6.45) is 1.70. The zero-order valence-corrected chi connectivity index (χ0v) is 12.5. The highest BCUT2D eigenvalue weighted by atomic mass is 16.5. The molecular formula is C16H23NO3. The number of carbonyl (C=O) groups excluding carboxylic acids is 1. The molecule has 2 rings (SSSR count). The minimum atomic E-state index is -0.462. The SMILES string of the molecule is COc1cccc(OC(C)C(=O)N2CCC(C)CC2)c1. The first-order valence-corrected chi connectivity index (χ1v) is 7.19. The van der Waals surface area contributed by atoms with Crippen LogP contribution in [0.15, 0.2) is 24.3 Å². The quantitative estimate of drug-likeness (QED) is 0.849. The number of methoxy groups -OCH3 is 1. The molecule has 1 amide bonds. The van der Waals surface area contributed by atoms with Crippen molar-refractivity contribution in [3.63, 3.8) is 0 Å². The van der Waals surface area contributed by atoms with E-state index in [4.69, 9.17) is 9.47 Å². The standard InChI is InChI=1S/C16H23NO3/c1-12-7-9-17(10-8-12)16(18)13(2)20-15-6-4-5-14(11-15)19-3/h4-6,11-13H,7-10H2,1-3H3. The zero-order valence-electron chi connectivity index (χ0n) is 12.5. The van der Waals surface area contributed by atoms with Gasteiger partial charge in [0, 0.05) is 19.2 Å². The molecule has 0 radical (unpaired) electrons. The number of rotatable bonds is 4. The number of carbonyl (C=O) groups is 1. The summed E-state index contributed by atoms with van der Waals surface area (Å²) in [6, 6.07) is 7.34. The molecular weight excluding hydrogens is 254 g/mol. The van der Waals surface area contributed by atoms with Crippen LogP contribution in [0.5, 0.6) is 11.5 Å². The van der Waals surface area contributed by atoms with Gasteiger partial charge in [0.05, 0.1) is 7.11 Å². The topological polar surface area (TPSA) is 38.8 Å². The number of hydrogen-bond acceptors (Lipinski definition) is 3. The Morgan fingerprint density at radius 2 is 1.95 bits per heavy atom. The molecule has 0 spiro atoms. The Bertz CT molecular complexity index is 453. The van der Waals surface area contributed by atoms with Gasteiger partial charge in [-0.3, -0.25) is 4.79 Å². The molecule has 4 nitrogen and oxygen atoms in total. The van der Waals surface area contributed by atoms with Crippen LogP contribution in [-0.4, -0.2) is 37.1 Å². The number of piperidine rings is 1.